The van der Waals surface area contributed by atoms with Gasteiger partial charge in [-0.2, -0.15) is 4.98 Å². The van der Waals surface area contributed by atoms with Crippen LogP contribution in [-0.4, -0.2) is 53.6 Å². The van der Waals surface area contributed by atoms with Crippen molar-refractivity contribution in [1.82, 2.24) is 14.9 Å². The van der Waals surface area contributed by atoms with E-state index >= 15 is 0 Å². The lowest BCUT2D eigenvalue weighted by atomic mass is 10.2. The van der Waals surface area contributed by atoms with Gasteiger partial charge >= 0.3 is 5.69 Å². The second-order valence-corrected chi connectivity index (χ2v) is 5.47. The fourth-order valence-electron chi connectivity index (χ4n) is 1.57. The molecule has 0 aliphatic rings. The lowest BCUT2D eigenvalue weighted by molar-refractivity contribution is -0.385. The molecule has 118 valence electrons. The highest BCUT2D eigenvalue weighted by atomic mass is 16.6. The second kappa shape index (κ2) is 7.72. The summed E-state index contributed by atoms with van der Waals surface area (Å²) in [6, 6.07) is 0. The van der Waals surface area contributed by atoms with E-state index in [2.05, 4.69) is 15.3 Å². The van der Waals surface area contributed by atoms with Crippen LogP contribution in [0.4, 0.5) is 11.5 Å². The van der Waals surface area contributed by atoms with Gasteiger partial charge in [0, 0.05) is 13.1 Å². The van der Waals surface area contributed by atoms with Crippen LogP contribution in [0.1, 0.15) is 19.7 Å². The predicted octanol–water partition coefficient (Wildman–Crippen LogP) is 1.70. The minimum atomic E-state index is -0.507. The van der Waals surface area contributed by atoms with Crippen molar-refractivity contribution >= 4 is 11.5 Å². The van der Waals surface area contributed by atoms with Crippen molar-refractivity contribution in [2.24, 2.45) is 5.92 Å². The molecule has 1 rings (SSSR count). The largest absolute Gasteiger partial charge is 0.472 e. The number of anilines is 1. The summed E-state index contributed by atoms with van der Waals surface area (Å²) in [5, 5.41) is 14.3. The van der Waals surface area contributed by atoms with Crippen LogP contribution in [0.25, 0.3) is 0 Å². The molecule has 0 unspecified atom stereocenters. The van der Waals surface area contributed by atoms with Crippen molar-refractivity contribution in [1.29, 1.82) is 0 Å². The molecule has 0 atom stereocenters. The van der Waals surface area contributed by atoms with E-state index in [4.69, 9.17) is 4.74 Å². The molecule has 0 radical (unpaired) electrons. The van der Waals surface area contributed by atoms with Gasteiger partial charge in [0.25, 0.3) is 5.88 Å². The van der Waals surface area contributed by atoms with Crippen molar-refractivity contribution in [3.63, 3.8) is 0 Å². The summed E-state index contributed by atoms with van der Waals surface area (Å²) < 4.78 is 5.47. The Kier molecular flexibility index (Phi) is 6.29. The monoisotopic (exact) mass is 297 g/mol. The van der Waals surface area contributed by atoms with Crippen molar-refractivity contribution < 1.29 is 9.66 Å². The Morgan fingerprint density at radius 2 is 2.05 bits per heavy atom. The van der Waals surface area contributed by atoms with Gasteiger partial charge < -0.3 is 15.0 Å². The average Bonchev–Trinajstić information content (AvgIpc) is 2.34. The average molecular weight is 297 g/mol. The lowest BCUT2D eigenvalue weighted by Crippen LogP contribution is -2.22. The fraction of sp³-hybridized carbons (Fsp3) is 0.692. The minimum absolute atomic E-state index is 0.0218. The molecule has 0 amide bonds. The van der Waals surface area contributed by atoms with Gasteiger partial charge in [0.2, 0.25) is 5.82 Å². The summed E-state index contributed by atoms with van der Waals surface area (Å²) in [4.78, 5) is 20.9. The maximum atomic E-state index is 11.3. The van der Waals surface area contributed by atoms with Gasteiger partial charge in [0.1, 0.15) is 5.82 Å². The minimum Gasteiger partial charge on any atom is -0.472 e. The van der Waals surface area contributed by atoms with Crippen molar-refractivity contribution in [2.45, 2.75) is 20.8 Å². The van der Waals surface area contributed by atoms with Gasteiger partial charge in [-0.3, -0.25) is 10.1 Å². The van der Waals surface area contributed by atoms with E-state index in [-0.39, 0.29) is 23.3 Å². The Bertz CT molecular complexity index is 491. The molecule has 8 nitrogen and oxygen atoms in total. The van der Waals surface area contributed by atoms with E-state index in [0.717, 1.165) is 6.54 Å². The first-order chi connectivity index (χ1) is 9.81. The highest BCUT2D eigenvalue weighted by Crippen LogP contribution is 2.31. The number of likely N-dealkylation sites (N-methyl/N-ethyl adjacent to an activating group) is 1. The van der Waals surface area contributed by atoms with E-state index < -0.39 is 4.92 Å². The first-order valence-electron chi connectivity index (χ1n) is 6.85. The zero-order valence-electron chi connectivity index (χ0n) is 13.2. The van der Waals surface area contributed by atoms with E-state index in [0.29, 0.717) is 19.0 Å². The van der Waals surface area contributed by atoms with E-state index in [9.17, 15) is 10.1 Å². The second-order valence-electron chi connectivity index (χ2n) is 5.47. The quantitative estimate of drug-likeness (QED) is 0.576. The molecule has 0 fully saturated rings. The Labute approximate surface area is 124 Å². The first kappa shape index (κ1) is 17.1. The summed E-state index contributed by atoms with van der Waals surface area (Å²) in [5.41, 5.74) is -0.208. The van der Waals surface area contributed by atoms with Gasteiger partial charge in [0.15, 0.2) is 0 Å². The van der Waals surface area contributed by atoms with Gasteiger partial charge in [0.05, 0.1) is 11.5 Å². The van der Waals surface area contributed by atoms with Crippen molar-refractivity contribution in [3.05, 3.63) is 15.9 Å². The maximum absolute atomic E-state index is 11.3. The van der Waals surface area contributed by atoms with Crippen LogP contribution in [0.5, 0.6) is 5.88 Å². The van der Waals surface area contributed by atoms with Crippen LogP contribution in [0, 0.1) is 23.0 Å². The Hall–Kier alpha value is -1.96. The molecular formula is C13H23N5O3. The number of hydrogen-bond donors (Lipinski definition) is 1. The van der Waals surface area contributed by atoms with E-state index in [1.165, 1.54) is 0 Å². The molecule has 1 aromatic heterocycles. The summed E-state index contributed by atoms with van der Waals surface area (Å²) in [7, 11) is 3.86. The number of rotatable bonds is 8. The van der Waals surface area contributed by atoms with Crippen LogP contribution in [0.2, 0.25) is 0 Å². The zero-order chi connectivity index (χ0) is 16.0. The van der Waals surface area contributed by atoms with Crippen molar-refractivity contribution in [3.8, 4) is 5.88 Å². The third kappa shape index (κ3) is 5.50. The third-order valence-corrected chi connectivity index (χ3v) is 2.55. The SMILES string of the molecule is Cc1nc(NCCN(C)C)c([N+](=O)[O-])c(OCC(C)C)n1. The normalized spacial score (nSPS) is 11.0. The first-order valence-corrected chi connectivity index (χ1v) is 6.85. The molecular weight excluding hydrogens is 274 g/mol. The summed E-state index contributed by atoms with van der Waals surface area (Å²) in [6.45, 7) is 7.28. The number of nitrogens with one attached hydrogen (secondary N) is 1. The number of ether oxygens (including phenoxy) is 1. The molecule has 21 heavy (non-hydrogen) atoms. The maximum Gasteiger partial charge on any atom is 0.372 e. The van der Waals surface area contributed by atoms with Crippen LogP contribution >= 0.6 is 0 Å². The number of nitrogens with zero attached hydrogens (tertiary/aromatic N) is 4. The Balaban J connectivity index is 3.01. The number of aryl methyl sites for hydroxylation is 1. The van der Waals surface area contributed by atoms with Crippen LogP contribution in [0.3, 0.4) is 0 Å². The van der Waals surface area contributed by atoms with Crippen LogP contribution in [-0.2, 0) is 0 Å². The molecule has 0 aromatic carbocycles. The fourth-order valence-corrected chi connectivity index (χ4v) is 1.57. The molecule has 1 aromatic rings. The van der Waals surface area contributed by atoms with Gasteiger partial charge in [-0.15, -0.1) is 0 Å². The smallest absolute Gasteiger partial charge is 0.372 e. The molecule has 0 saturated carbocycles. The number of hydrogen-bond acceptors (Lipinski definition) is 7. The van der Waals surface area contributed by atoms with Gasteiger partial charge in [-0.1, -0.05) is 13.8 Å². The molecule has 8 heteroatoms. The highest BCUT2D eigenvalue weighted by Gasteiger charge is 2.25. The Morgan fingerprint density at radius 3 is 2.57 bits per heavy atom. The molecule has 0 saturated heterocycles. The Morgan fingerprint density at radius 1 is 1.38 bits per heavy atom. The number of aromatic nitrogens is 2. The summed E-state index contributed by atoms with van der Waals surface area (Å²) in [6.07, 6.45) is 0. The molecule has 0 aliphatic carbocycles. The van der Waals surface area contributed by atoms with Crippen LogP contribution < -0.4 is 10.1 Å². The molecule has 0 spiro atoms. The van der Waals surface area contributed by atoms with Gasteiger partial charge in [-0.25, -0.2) is 4.98 Å². The van der Waals surface area contributed by atoms with E-state index in [1.54, 1.807) is 6.92 Å². The third-order valence-electron chi connectivity index (χ3n) is 2.55. The number of nitro groups is 1. The van der Waals surface area contributed by atoms with E-state index in [1.807, 2.05) is 32.8 Å². The standard InChI is InChI=1S/C13H23N5O3/c1-9(2)8-21-13-11(18(19)20)12(15-10(3)16-13)14-6-7-17(4)5/h9H,6-8H2,1-5H3,(H,14,15,16). The summed E-state index contributed by atoms with van der Waals surface area (Å²) >= 11 is 0. The predicted molar refractivity (Wildman–Crippen MR) is 80.8 cm³/mol. The molecule has 0 aliphatic heterocycles. The lowest BCUT2D eigenvalue weighted by Gasteiger charge is -2.13. The molecule has 0 bridgehead atoms. The van der Waals surface area contributed by atoms with Crippen molar-refractivity contribution in [2.75, 3.05) is 39.1 Å². The van der Waals surface area contributed by atoms with Gasteiger partial charge in [-0.05, 0) is 26.9 Å². The zero-order valence-corrected chi connectivity index (χ0v) is 13.2. The highest BCUT2D eigenvalue weighted by molar-refractivity contribution is 5.61. The molecule has 1 heterocycles. The summed E-state index contributed by atoms with van der Waals surface area (Å²) in [5.74, 6) is 0.915. The topological polar surface area (TPSA) is 93.4 Å². The molecule has 1 N–H and O–H groups in total. The van der Waals surface area contributed by atoms with Crippen LogP contribution in [0.15, 0.2) is 0 Å².